The van der Waals surface area contributed by atoms with Gasteiger partial charge in [-0.3, -0.25) is 4.79 Å². The van der Waals surface area contributed by atoms with E-state index >= 15 is 0 Å². The number of anilines is 2. The number of hydrogen-bond donors (Lipinski definition) is 2. The second kappa shape index (κ2) is 8.86. The normalized spacial score (nSPS) is 16.7. The molecule has 8 heteroatoms. The molecule has 1 aliphatic rings. The molecular weight excluding hydrogens is 378 g/mol. The Kier molecular flexibility index (Phi) is 5.83. The third kappa shape index (κ3) is 4.71. The molecule has 30 heavy (non-hydrogen) atoms. The minimum absolute atomic E-state index is 0.0274. The molecule has 1 saturated heterocycles. The van der Waals surface area contributed by atoms with Gasteiger partial charge < -0.3 is 15.2 Å². The molecule has 0 saturated carbocycles. The maximum atomic E-state index is 12.9. The first kappa shape index (κ1) is 19.8. The number of carbonyl (C=O) groups is 1. The topological polar surface area (TPSA) is 99.7 Å². The van der Waals surface area contributed by atoms with Gasteiger partial charge in [-0.05, 0) is 51.3 Å². The molecule has 0 aromatic carbocycles. The lowest BCUT2D eigenvalue weighted by molar-refractivity contribution is -0.129. The average Bonchev–Trinajstić information content (AvgIpc) is 3.25. The summed E-state index contributed by atoms with van der Waals surface area (Å²) in [5.74, 6) is 2.05. The third-order valence-electron chi connectivity index (χ3n) is 5.05. The Balaban J connectivity index is 1.57. The highest BCUT2D eigenvalue weighted by molar-refractivity contribution is 5.91. The van der Waals surface area contributed by atoms with Gasteiger partial charge in [-0.1, -0.05) is 6.07 Å². The highest BCUT2D eigenvalue weighted by Crippen LogP contribution is 2.31. The van der Waals surface area contributed by atoms with Crippen molar-refractivity contribution < 1.29 is 4.79 Å². The van der Waals surface area contributed by atoms with Crippen molar-refractivity contribution in [3.8, 4) is 0 Å². The molecule has 1 aliphatic heterocycles. The molecule has 0 unspecified atom stereocenters. The number of aromatic nitrogens is 5. The summed E-state index contributed by atoms with van der Waals surface area (Å²) in [4.78, 5) is 35.4. The van der Waals surface area contributed by atoms with Crippen molar-refractivity contribution in [1.29, 1.82) is 0 Å². The lowest BCUT2D eigenvalue weighted by Gasteiger charge is -2.35. The number of imidazole rings is 1. The first-order valence-corrected chi connectivity index (χ1v) is 10.1. The van der Waals surface area contributed by atoms with Crippen LogP contribution >= 0.6 is 0 Å². The van der Waals surface area contributed by atoms with Crippen LogP contribution < -0.4 is 5.32 Å². The summed E-state index contributed by atoms with van der Waals surface area (Å²) >= 11 is 0. The molecule has 3 aromatic heterocycles. The monoisotopic (exact) mass is 403 g/mol. The van der Waals surface area contributed by atoms with E-state index in [4.69, 9.17) is 0 Å². The van der Waals surface area contributed by atoms with E-state index < -0.39 is 0 Å². The molecule has 3 aromatic rings. The maximum absolute atomic E-state index is 12.9. The number of amides is 1. The van der Waals surface area contributed by atoms with Crippen LogP contribution in [0, 0.1) is 13.8 Å². The summed E-state index contributed by atoms with van der Waals surface area (Å²) in [6, 6.07) is 7.65. The molecule has 4 heterocycles. The Hall–Kier alpha value is -3.55. The van der Waals surface area contributed by atoms with E-state index in [1.165, 1.54) is 0 Å². The molecular formula is C22H25N7O. The number of nitrogens with zero attached hydrogens (tertiary/aromatic N) is 5. The lowest BCUT2D eigenvalue weighted by Crippen LogP contribution is -2.38. The second-order valence-electron chi connectivity index (χ2n) is 7.40. The van der Waals surface area contributed by atoms with Crippen molar-refractivity contribution in [2.75, 3.05) is 11.9 Å². The van der Waals surface area contributed by atoms with Gasteiger partial charge in [0.1, 0.15) is 17.5 Å². The van der Waals surface area contributed by atoms with Crippen molar-refractivity contribution in [1.82, 2.24) is 29.8 Å². The number of pyridine rings is 1. The molecule has 154 valence electrons. The van der Waals surface area contributed by atoms with E-state index in [1.54, 1.807) is 24.7 Å². The zero-order chi connectivity index (χ0) is 20.9. The van der Waals surface area contributed by atoms with E-state index in [2.05, 4.69) is 30.2 Å². The second-order valence-corrected chi connectivity index (χ2v) is 7.40. The van der Waals surface area contributed by atoms with E-state index in [1.807, 2.05) is 43.0 Å². The van der Waals surface area contributed by atoms with E-state index in [9.17, 15) is 4.79 Å². The largest absolute Gasteiger partial charge is 0.345 e. The zero-order valence-corrected chi connectivity index (χ0v) is 17.2. The smallest absolute Gasteiger partial charge is 0.247 e. The van der Waals surface area contributed by atoms with Crippen molar-refractivity contribution in [3.05, 3.63) is 65.8 Å². The van der Waals surface area contributed by atoms with E-state index in [0.717, 1.165) is 42.2 Å². The van der Waals surface area contributed by atoms with Crippen LogP contribution in [0.25, 0.3) is 6.08 Å². The molecule has 0 spiro atoms. The molecule has 8 nitrogen and oxygen atoms in total. The highest BCUT2D eigenvalue weighted by Gasteiger charge is 2.28. The maximum Gasteiger partial charge on any atom is 0.247 e. The first-order chi connectivity index (χ1) is 14.6. The van der Waals surface area contributed by atoms with Gasteiger partial charge in [0.05, 0.1) is 30.0 Å². The minimum Gasteiger partial charge on any atom is -0.345 e. The third-order valence-corrected chi connectivity index (χ3v) is 5.05. The van der Waals surface area contributed by atoms with Crippen molar-refractivity contribution in [3.63, 3.8) is 0 Å². The Bertz CT molecular complexity index is 1050. The summed E-state index contributed by atoms with van der Waals surface area (Å²) in [7, 11) is 0. The van der Waals surface area contributed by atoms with Gasteiger partial charge in [-0.15, -0.1) is 0 Å². The summed E-state index contributed by atoms with van der Waals surface area (Å²) < 4.78 is 0. The number of nitrogens with one attached hydrogen (secondary N) is 2. The van der Waals surface area contributed by atoms with Crippen LogP contribution in [-0.2, 0) is 4.79 Å². The molecule has 2 N–H and O–H groups in total. The van der Waals surface area contributed by atoms with Crippen LogP contribution in [0.15, 0.2) is 42.9 Å². The lowest BCUT2D eigenvalue weighted by atomic mass is 9.98. The van der Waals surface area contributed by atoms with Gasteiger partial charge in [-0.2, -0.15) is 0 Å². The Morgan fingerprint density at radius 2 is 2.10 bits per heavy atom. The Morgan fingerprint density at radius 1 is 1.20 bits per heavy atom. The average molecular weight is 403 g/mol. The number of aromatic amines is 1. The van der Waals surface area contributed by atoms with Crippen LogP contribution in [0.4, 0.5) is 11.6 Å². The van der Waals surface area contributed by atoms with Crippen LogP contribution in [-0.4, -0.2) is 42.3 Å². The number of carbonyl (C=O) groups excluding carboxylic acids is 1. The van der Waals surface area contributed by atoms with E-state index in [0.29, 0.717) is 18.2 Å². The van der Waals surface area contributed by atoms with Gasteiger partial charge in [-0.25, -0.2) is 19.9 Å². The number of H-pyrrole nitrogens is 1. The van der Waals surface area contributed by atoms with Crippen LogP contribution in [0.5, 0.6) is 0 Å². The van der Waals surface area contributed by atoms with Gasteiger partial charge in [0.15, 0.2) is 0 Å². The predicted octanol–water partition coefficient (Wildman–Crippen LogP) is 3.72. The minimum atomic E-state index is -0.0783. The predicted molar refractivity (Wildman–Crippen MR) is 115 cm³/mol. The standard InChI is InChI=1S/C22H25N7O/c1-15-6-5-8-20(25-15)28-21-12-18(26-16(2)27-21)19-7-3-4-11-29(19)22(30)10-9-17-13-23-14-24-17/h5-6,8-10,12-14,19H,3-4,7,11H2,1-2H3,(H,23,24)(H,25,26,27,28)/b10-9+/t19-/m1/s1. The number of aryl methyl sites for hydroxylation is 2. The Morgan fingerprint density at radius 3 is 2.90 bits per heavy atom. The van der Waals surface area contributed by atoms with Crippen molar-refractivity contribution in [2.45, 2.75) is 39.2 Å². The molecule has 1 amide bonds. The molecule has 0 radical (unpaired) electrons. The SMILES string of the molecule is Cc1cccc(Nc2cc([C@H]3CCCCN3C(=O)/C=C/c3cnc[nH]3)nc(C)n2)n1. The van der Waals surface area contributed by atoms with Crippen molar-refractivity contribution >= 4 is 23.6 Å². The van der Waals surface area contributed by atoms with Gasteiger partial charge in [0.2, 0.25) is 5.91 Å². The van der Waals surface area contributed by atoms with Gasteiger partial charge in [0.25, 0.3) is 0 Å². The number of hydrogen-bond acceptors (Lipinski definition) is 6. The number of rotatable bonds is 5. The number of likely N-dealkylation sites (tertiary alicyclic amines) is 1. The summed E-state index contributed by atoms with van der Waals surface area (Å²) in [5, 5.41) is 3.26. The summed E-state index contributed by atoms with van der Waals surface area (Å²) in [5.41, 5.74) is 2.58. The number of piperidine rings is 1. The van der Waals surface area contributed by atoms with Crippen LogP contribution in [0.2, 0.25) is 0 Å². The van der Waals surface area contributed by atoms with Crippen LogP contribution in [0.1, 0.15) is 48.2 Å². The fourth-order valence-corrected chi connectivity index (χ4v) is 3.69. The molecule has 1 fully saturated rings. The zero-order valence-electron chi connectivity index (χ0n) is 17.2. The summed E-state index contributed by atoms with van der Waals surface area (Å²) in [6.45, 7) is 4.53. The highest BCUT2D eigenvalue weighted by atomic mass is 16.2. The van der Waals surface area contributed by atoms with E-state index in [-0.39, 0.29) is 11.9 Å². The van der Waals surface area contributed by atoms with Gasteiger partial charge >= 0.3 is 0 Å². The van der Waals surface area contributed by atoms with Gasteiger partial charge in [0, 0.05) is 24.4 Å². The fourth-order valence-electron chi connectivity index (χ4n) is 3.69. The summed E-state index contributed by atoms with van der Waals surface area (Å²) in [6.07, 6.45) is 9.55. The molecule has 1 atom stereocenters. The molecule has 0 bridgehead atoms. The van der Waals surface area contributed by atoms with Crippen molar-refractivity contribution in [2.24, 2.45) is 0 Å². The quantitative estimate of drug-likeness (QED) is 0.630. The first-order valence-electron chi connectivity index (χ1n) is 10.1. The molecule has 4 rings (SSSR count). The fraction of sp³-hybridized carbons (Fsp3) is 0.318. The Labute approximate surface area is 175 Å². The molecule has 0 aliphatic carbocycles. The van der Waals surface area contributed by atoms with Crippen LogP contribution in [0.3, 0.4) is 0 Å².